The van der Waals surface area contributed by atoms with Gasteiger partial charge in [-0.3, -0.25) is 4.79 Å². The molecule has 0 amide bonds. The molecule has 10 heteroatoms. The Labute approximate surface area is 107 Å². The van der Waals surface area contributed by atoms with E-state index in [0.717, 1.165) is 0 Å². The van der Waals surface area contributed by atoms with Gasteiger partial charge in [-0.05, 0) is 0 Å². The van der Waals surface area contributed by atoms with Crippen molar-refractivity contribution in [1.82, 2.24) is 0 Å². The molecule has 0 aliphatic heterocycles. The van der Waals surface area contributed by atoms with E-state index in [1.807, 2.05) is 0 Å². The predicted octanol–water partition coefficient (Wildman–Crippen LogP) is 2.92. The van der Waals surface area contributed by atoms with Gasteiger partial charge in [-0.1, -0.05) is 0 Å². The maximum absolute atomic E-state index is 13.1. The van der Waals surface area contributed by atoms with Crippen molar-refractivity contribution >= 4 is 11.7 Å². The Hall–Kier alpha value is -2.00. The maximum atomic E-state index is 13.1. The number of aliphatic carboxylic acids is 1. The number of alkyl halides is 3. The zero-order chi connectivity index (χ0) is 15.7. The molecular weight excluding hydrogens is 299 g/mol. The van der Waals surface area contributed by atoms with E-state index in [9.17, 15) is 35.5 Å². The maximum Gasteiger partial charge on any atom is 0.403 e. The summed E-state index contributed by atoms with van der Waals surface area (Å²) in [7, 11) is 0. The van der Waals surface area contributed by atoms with Gasteiger partial charge in [-0.2, -0.15) is 13.2 Å². The van der Waals surface area contributed by atoms with Crippen molar-refractivity contribution in [3.05, 3.63) is 29.3 Å². The summed E-state index contributed by atoms with van der Waals surface area (Å²) >= 11 is 0. The second-order valence-electron chi connectivity index (χ2n) is 3.66. The van der Waals surface area contributed by atoms with Gasteiger partial charge in [0.15, 0.2) is 29.2 Å². The lowest BCUT2D eigenvalue weighted by Crippen LogP contribution is -2.36. The third-order valence-corrected chi connectivity index (χ3v) is 2.29. The van der Waals surface area contributed by atoms with Crippen LogP contribution in [0.3, 0.4) is 0 Å². The normalized spacial score (nSPS) is 13.2. The van der Waals surface area contributed by atoms with Gasteiger partial charge < -0.3 is 10.4 Å². The highest BCUT2D eigenvalue weighted by molar-refractivity contribution is 5.71. The molecule has 0 heterocycles. The summed E-state index contributed by atoms with van der Waals surface area (Å²) in [4.78, 5) is 10.4. The van der Waals surface area contributed by atoms with Crippen LogP contribution in [0.4, 0.5) is 36.4 Å². The van der Waals surface area contributed by atoms with Gasteiger partial charge >= 0.3 is 12.1 Å². The zero-order valence-electron chi connectivity index (χ0n) is 9.36. The number of benzene rings is 1. The van der Waals surface area contributed by atoms with Crippen LogP contribution in [-0.4, -0.2) is 23.8 Å². The Morgan fingerprint density at radius 3 is 1.95 bits per heavy atom. The number of carboxylic acid groups (broad SMARTS) is 1. The molecule has 0 aliphatic rings. The fourth-order valence-corrected chi connectivity index (χ4v) is 1.28. The quantitative estimate of drug-likeness (QED) is 0.664. The fraction of sp³-hybridized carbons (Fsp3) is 0.300. The first kappa shape index (κ1) is 16.1. The van der Waals surface area contributed by atoms with E-state index in [2.05, 4.69) is 0 Å². The number of nitrogens with one attached hydrogen (secondary N) is 1. The number of carbonyl (C=O) groups is 1. The van der Waals surface area contributed by atoms with Crippen molar-refractivity contribution in [2.75, 3.05) is 11.9 Å². The number of hydrogen-bond acceptors (Lipinski definition) is 2. The highest BCUT2D eigenvalue weighted by Gasteiger charge is 2.45. The van der Waals surface area contributed by atoms with Crippen molar-refractivity contribution in [3.8, 4) is 0 Å². The molecule has 0 bridgehead atoms. The van der Waals surface area contributed by atoms with Gasteiger partial charge in [0.2, 0.25) is 0 Å². The fourth-order valence-electron chi connectivity index (χ4n) is 1.28. The summed E-state index contributed by atoms with van der Waals surface area (Å²) in [6, 6.07) is -0.131. The van der Waals surface area contributed by atoms with E-state index in [0.29, 0.717) is 0 Å². The summed E-state index contributed by atoms with van der Waals surface area (Å²) in [5, 5.41) is 9.76. The van der Waals surface area contributed by atoms with Gasteiger partial charge in [0, 0.05) is 12.6 Å². The van der Waals surface area contributed by atoms with Crippen LogP contribution in [0.25, 0.3) is 0 Å². The molecule has 112 valence electrons. The average Bonchev–Trinajstić information content (AvgIpc) is 2.29. The van der Waals surface area contributed by atoms with Crippen molar-refractivity contribution in [3.63, 3.8) is 0 Å². The van der Waals surface area contributed by atoms with Gasteiger partial charge in [0.1, 0.15) is 5.69 Å². The van der Waals surface area contributed by atoms with Crippen LogP contribution in [0.2, 0.25) is 0 Å². The lowest BCUT2D eigenvalue weighted by atomic mass is 10.1. The molecule has 1 atom stereocenters. The van der Waals surface area contributed by atoms with Crippen molar-refractivity contribution < 1.29 is 40.6 Å². The molecule has 0 saturated carbocycles. The van der Waals surface area contributed by atoms with E-state index < -0.39 is 53.6 Å². The molecule has 20 heavy (non-hydrogen) atoms. The molecule has 1 aromatic carbocycles. The van der Waals surface area contributed by atoms with Crippen molar-refractivity contribution in [2.24, 2.45) is 5.92 Å². The molecule has 0 spiro atoms. The number of carboxylic acids is 1. The molecule has 0 radical (unpaired) electrons. The minimum absolute atomic E-state index is 0.131. The zero-order valence-corrected chi connectivity index (χ0v) is 9.36. The number of hydrogen-bond donors (Lipinski definition) is 2. The third kappa shape index (κ3) is 3.31. The molecule has 0 fully saturated rings. The Morgan fingerprint density at radius 2 is 1.60 bits per heavy atom. The monoisotopic (exact) mass is 305 g/mol. The lowest BCUT2D eigenvalue weighted by molar-refractivity contribution is -0.190. The first-order valence-corrected chi connectivity index (χ1v) is 4.92. The Kier molecular flexibility index (Phi) is 4.46. The van der Waals surface area contributed by atoms with Gasteiger partial charge in [-0.25, -0.2) is 17.6 Å². The second-order valence-corrected chi connectivity index (χ2v) is 3.66. The lowest BCUT2D eigenvalue weighted by Gasteiger charge is -2.18. The number of rotatable bonds is 4. The molecule has 0 saturated heterocycles. The van der Waals surface area contributed by atoms with Gasteiger partial charge in [-0.15, -0.1) is 0 Å². The highest BCUT2D eigenvalue weighted by Crippen LogP contribution is 2.29. The van der Waals surface area contributed by atoms with E-state index in [1.165, 1.54) is 5.32 Å². The summed E-state index contributed by atoms with van der Waals surface area (Å²) in [5.41, 5.74) is -1.50. The smallest absolute Gasteiger partial charge is 0.403 e. The Morgan fingerprint density at radius 1 is 1.15 bits per heavy atom. The minimum Gasteiger partial charge on any atom is -0.481 e. The molecule has 1 rings (SSSR count). The second kappa shape index (κ2) is 5.55. The van der Waals surface area contributed by atoms with Gasteiger partial charge in [0.05, 0.1) is 0 Å². The summed E-state index contributed by atoms with van der Waals surface area (Å²) in [6.45, 7) is -1.49. The van der Waals surface area contributed by atoms with E-state index in [1.54, 1.807) is 0 Å². The largest absolute Gasteiger partial charge is 0.481 e. The Balaban J connectivity index is 3.03. The summed E-state index contributed by atoms with van der Waals surface area (Å²) in [5.74, 6) is -12.9. The van der Waals surface area contributed by atoms with Crippen LogP contribution in [-0.2, 0) is 4.79 Å². The van der Waals surface area contributed by atoms with Crippen LogP contribution in [0, 0.1) is 29.2 Å². The SMILES string of the molecule is O=C(O)C(CNc1c(F)c(F)cc(F)c1F)C(F)(F)F. The van der Waals surface area contributed by atoms with E-state index in [-0.39, 0.29) is 6.07 Å². The minimum atomic E-state index is -5.20. The van der Waals surface area contributed by atoms with E-state index in [4.69, 9.17) is 5.11 Å². The molecular formula is C10H6F7NO2. The molecule has 1 unspecified atom stereocenters. The standard InChI is InChI=1S/C10H6F7NO2/c11-4-1-5(12)7(14)8(6(4)13)18-2-3(9(19)20)10(15,16)17/h1,3,18H,2H2,(H,19,20). The van der Waals surface area contributed by atoms with Crippen LogP contribution in [0.1, 0.15) is 0 Å². The number of anilines is 1. The Bertz CT molecular complexity index is 503. The average molecular weight is 305 g/mol. The molecule has 0 aromatic heterocycles. The highest BCUT2D eigenvalue weighted by atomic mass is 19.4. The first-order valence-electron chi connectivity index (χ1n) is 4.92. The molecule has 1 aromatic rings. The van der Waals surface area contributed by atoms with Crippen molar-refractivity contribution in [2.45, 2.75) is 6.18 Å². The van der Waals surface area contributed by atoms with Crippen molar-refractivity contribution in [1.29, 1.82) is 0 Å². The summed E-state index contributed by atoms with van der Waals surface area (Å²) in [6.07, 6.45) is -5.20. The first-order chi connectivity index (χ1) is 9.05. The topological polar surface area (TPSA) is 49.3 Å². The molecule has 3 nitrogen and oxygen atoms in total. The molecule has 0 aliphatic carbocycles. The van der Waals surface area contributed by atoms with Crippen LogP contribution >= 0.6 is 0 Å². The molecule has 2 N–H and O–H groups in total. The van der Waals surface area contributed by atoms with Crippen LogP contribution in [0.15, 0.2) is 6.07 Å². The number of halogens is 7. The summed E-state index contributed by atoms with van der Waals surface area (Å²) < 4.78 is 88.6. The predicted molar refractivity (Wildman–Crippen MR) is 51.9 cm³/mol. The third-order valence-electron chi connectivity index (χ3n) is 2.29. The van der Waals surface area contributed by atoms with Crippen LogP contribution < -0.4 is 5.32 Å². The van der Waals surface area contributed by atoms with E-state index >= 15 is 0 Å². The van der Waals surface area contributed by atoms with Crippen LogP contribution in [0.5, 0.6) is 0 Å². The van der Waals surface area contributed by atoms with Gasteiger partial charge in [0.25, 0.3) is 0 Å².